The molecule has 0 spiro atoms. The highest BCUT2D eigenvalue weighted by Crippen LogP contribution is 2.69. The first kappa shape index (κ1) is 28.7. The van der Waals surface area contributed by atoms with E-state index in [0.29, 0.717) is 32.1 Å². The summed E-state index contributed by atoms with van der Waals surface area (Å²) < 4.78 is 38.9. The monoisotopic (exact) mass is 532 g/mol. The molecule has 8 nitrogen and oxygen atoms in total. The average molecular weight is 533 g/mol. The molecule has 0 aromatic heterocycles. The molecule has 4 aliphatic carbocycles. The van der Waals surface area contributed by atoms with E-state index in [0.717, 1.165) is 19.3 Å². The first-order valence-corrected chi connectivity index (χ1v) is 15.3. The summed E-state index contributed by atoms with van der Waals surface area (Å²) in [6.07, 6.45) is 2.59. The molecule has 0 aromatic rings. The van der Waals surface area contributed by atoms with Gasteiger partial charge in [-0.05, 0) is 92.3 Å². The number of rotatable bonds is 7. The Kier molecular flexibility index (Phi) is 7.75. The van der Waals surface area contributed by atoms with Crippen molar-refractivity contribution < 1.29 is 37.6 Å². The zero-order valence-electron chi connectivity index (χ0n) is 22.5. The fourth-order valence-electron chi connectivity index (χ4n) is 9.45. The zero-order chi connectivity index (χ0) is 26.8. The maximum absolute atomic E-state index is 11.9. The van der Waals surface area contributed by atoms with Crippen LogP contribution in [0.2, 0.25) is 0 Å². The molecular weight excluding hydrogens is 484 g/mol. The molecule has 4 fully saturated rings. The fourth-order valence-corrected chi connectivity index (χ4v) is 9.96. The minimum atomic E-state index is -4.67. The normalized spacial score (nSPS) is 48.7. The van der Waals surface area contributed by atoms with Gasteiger partial charge in [-0.2, -0.15) is 8.42 Å². The van der Waals surface area contributed by atoms with Crippen molar-refractivity contribution in [2.45, 2.75) is 122 Å². The summed E-state index contributed by atoms with van der Waals surface area (Å²) in [5.41, 5.74) is -2.22. The quantitative estimate of drug-likeness (QED) is 0.314. The molecular formula is C27H48O8S. The highest BCUT2D eigenvalue weighted by molar-refractivity contribution is 7.80. The smallest absolute Gasteiger partial charge is 0.393 e. The molecule has 210 valence electrons. The summed E-state index contributed by atoms with van der Waals surface area (Å²) in [5.74, 6) is 0.345. The molecule has 36 heavy (non-hydrogen) atoms. The Morgan fingerprint density at radius 2 is 1.69 bits per heavy atom. The van der Waals surface area contributed by atoms with Gasteiger partial charge < -0.3 is 20.4 Å². The summed E-state index contributed by atoms with van der Waals surface area (Å²) >= 11 is 0. The van der Waals surface area contributed by atoms with Gasteiger partial charge in [0, 0.05) is 11.8 Å². The number of hydrogen-bond acceptors (Lipinski definition) is 7. The molecule has 4 rings (SSSR count). The standard InChI is InChI=1S/C27H48O8S/c1-15(2)21(29)7-6-16(3)20-13-22(35-36(32,33)34)24-18-12-23(30)27(31)14-17(28)8-11-26(27,5)19(18)9-10-25(20,24)4/h15-24,28-31H,6-14H2,1-5H3,(H,32,33,34)/t16-,17+,18?,19?,20-,21+,22?,23-,24?,25-,26-,27+/m1/s1. The molecule has 0 aromatic carbocycles. The van der Waals surface area contributed by atoms with E-state index < -0.39 is 39.7 Å². The summed E-state index contributed by atoms with van der Waals surface area (Å²) in [4.78, 5) is 0. The number of fused-ring (bicyclic) bond motifs is 5. The Morgan fingerprint density at radius 1 is 1.03 bits per heavy atom. The maximum Gasteiger partial charge on any atom is 0.397 e. The molecule has 0 aliphatic heterocycles. The summed E-state index contributed by atoms with van der Waals surface area (Å²) in [6.45, 7) is 10.4. The fraction of sp³-hybridized carbons (Fsp3) is 1.00. The van der Waals surface area contributed by atoms with E-state index in [2.05, 4.69) is 13.8 Å². The van der Waals surface area contributed by atoms with E-state index in [9.17, 15) is 33.4 Å². The van der Waals surface area contributed by atoms with Crippen LogP contribution in [-0.2, 0) is 14.6 Å². The topological polar surface area (TPSA) is 145 Å². The Balaban J connectivity index is 1.67. The van der Waals surface area contributed by atoms with Crippen LogP contribution in [0, 0.1) is 46.3 Å². The summed E-state index contributed by atoms with van der Waals surface area (Å²) in [5, 5.41) is 43.7. The maximum atomic E-state index is 11.9. The molecule has 0 radical (unpaired) electrons. The SMILES string of the molecule is CC(C)[C@@H](O)CC[C@@H](C)[C@H]1CC(OS(=O)(=O)O)C2C3C[C@@H](O)[C@@]4(O)C[C@@H](O)CC[C@]4(C)C3CC[C@@]21C. The van der Waals surface area contributed by atoms with Crippen molar-refractivity contribution >= 4 is 10.4 Å². The molecule has 0 saturated heterocycles. The molecule has 0 amide bonds. The second-order valence-electron chi connectivity index (χ2n) is 13.6. The Labute approximate surface area is 216 Å². The van der Waals surface area contributed by atoms with E-state index in [-0.39, 0.29) is 53.4 Å². The minimum absolute atomic E-state index is 0.0563. The van der Waals surface area contributed by atoms with Crippen LogP contribution >= 0.6 is 0 Å². The van der Waals surface area contributed by atoms with Crippen LogP contribution in [0.5, 0.6) is 0 Å². The van der Waals surface area contributed by atoms with E-state index >= 15 is 0 Å². The number of aliphatic hydroxyl groups excluding tert-OH is 3. The number of aliphatic hydroxyl groups is 4. The molecule has 4 unspecified atom stereocenters. The van der Waals surface area contributed by atoms with Gasteiger partial charge in [-0.3, -0.25) is 4.55 Å². The lowest BCUT2D eigenvalue weighted by atomic mass is 9.42. The van der Waals surface area contributed by atoms with Crippen molar-refractivity contribution in [2.75, 3.05) is 0 Å². The third kappa shape index (κ3) is 4.69. The first-order chi connectivity index (χ1) is 16.5. The van der Waals surface area contributed by atoms with Gasteiger partial charge in [0.05, 0.1) is 30.0 Å². The molecule has 9 heteroatoms. The first-order valence-electron chi connectivity index (χ1n) is 14.0. The third-order valence-corrected chi connectivity index (χ3v) is 12.0. The van der Waals surface area contributed by atoms with Gasteiger partial charge in [-0.1, -0.05) is 34.6 Å². The molecule has 5 N–H and O–H groups in total. The Morgan fingerprint density at radius 3 is 2.31 bits per heavy atom. The largest absolute Gasteiger partial charge is 0.397 e. The van der Waals surface area contributed by atoms with E-state index in [1.165, 1.54) is 0 Å². The van der Waals surface area contributed by atoms with Gasteiger partial charge in [-0.15, -0.1) is 0 Å². The third-order valence-electron chi connectivity index (χ3n) is 11.5. The van der Waals surface area contributed by atoms with E-state index in [1.807, 2.05) is 20.8 Å². The predicted molar refractivity (Wildman–Crippen MR) is 135 cm³/mol. The van der Waals surface area contributed by atoms with Crippen molar-refractivity contribution in [1.29, 1.82) is 0 Å². The minimum Gasteiger partial charge on any atom is -0.393 e. The van der Waals surface area contributed by atoms with Crippen molar-refractivity contribution in [3.63, 3.8) is 0 Å². The Bertz CT molecular complexity index is 909. The predicted octanol–water partition coefficient (Wildman–Crippen LogP) is 3.32. The summed E-state index contributed by atoms with van der Waals surface area (Å²) in [7, 11) is -4.67. The van der Waals surface area contributed by atoms with Crippen molar-refractivity contribution in [1.82, 2.24) is 0 Å². The van der Waals surface area contributed by atoms with Crippen LogP contribution in [0.4, 0.5) is 0 Å². The van der Waals surface area contributed by atoms with Gasteiger partial charge in [0.15, 0.2) is 0 Å². The lowest BCUT2D eigenvalue weighted by Crippen LogP contribution is -2.69. The Hall–Kier alpha value is -0.290. The van der Waals surface area contributed by atoms with Gasteiger partial charge in [-0.25, -0.2) is 4.18 Å². The van der Waals surface area contributed by atoms with Gasteiger partial charge >= 0.3 is 10.4 Å². The van der Waals surface area contributed by atoms with Crippen LogP contribution in [0.15, 0.2) is 0 Å². The second kappa shape index (κ2) is 9.72. The van der Waals surface area contributed by atoms with Crippen LogP contribution in [-0.4, -0.2) is 63.4 Å². The number of hydrogen-bond donors (Lipinski definition) is 5. The lowest BCUT2D eigenvalue weighted by Gasteiger charge is -2.65. The molecule has 0 heterocycles. The molecule has 4 saturated carbocycles. The van der Waals surface area contributed by atoms with E-state index in [1.54, 1.807) is 0 Å². The van der Waals surface area contributed by atoms with Gasteiger partial charge in [0.1, 0.15) is 0 Å². The van der Waals surface area contributed by atoms with Crippen LogP contribution in [0.1, 0.15) is 92.4 Å². The lowest BCUT2D eigenvalue weighted by molar-refractivity contribution is -0.267. The van der Waals surface area contributed by atoms with Crippen LogP contribution in [0.3, 0.4) is 0 Å². The van der Waals surface area contributed by atoms with Crippen LogP contribution < -0.4 is 0 Å². The molecule has 4 aliphatic rings. The second-order valence-corrected chi connectivity index (χ2v) is 14.6. The van der Waals surface area contributed by atoms with Gasteiger partial charge in [0.25, 0.3) is 0 Å². The average Bonchev–Trinajstić information content (AvgIpc) is 3.05. The van der Waals surface area contributed by atoms with Crippen molar-refractivity contribution in [3.8, 4) is 0 Å². The zero-order valence-corrected chi connectivity index (χ0v) is 23.3. The highest BCUT2D eigenvalue weighted by atomic mass is 32.3. The van der Waals surface area contributed by atoms with E-state index in [4.69, 9.17) is 4.18 Å². The van der Waals surface area contributed by atoms with Crippen molar-refractivity contribution in [3.05, 3.63) is 0 Å². The summed E-state index contributed by atoms with van der Waals surface area (Å²) in [6, 6.07) is 0. The molecule has 0 bridgehead atoms. The van der Waals surface area contributed by atoms with Gasteiger partial charge in [0.2, 0.25) is 0 Å². The highest BCUT2D eigenvalue weighted by Gasteiger charge is 2.69. The van der Waals surface area contributed by atoms with Crippen LogP contribution in [0.25, 0.3) is 0 Å². The van der Waals surface area contributed by atoms with Crippen molar-refractivity contribution in [2.24, 2.45) is 46.3 Å². The molecule has 12 atom stereocenters.